The van der Waals surface area contributed by atoms with Crippen LogP contribution in [-0.2, 0) is 16.2 Å². The summed E-state index contributed by atoms with van der Waals surface area (Å²) in [5, 5.41) is 4.47. The third-order valence-corrected chi connectivity index (χ3v) is 10.4. The van der Waals surface area contributed by atoms with Crippen LogP contribution in [0.15, 0.2) is 48.9 Å². The number of benzene rings is 2. The molecule has 5 aromatic rings. The van der Waals surface area contributed by atoms with Crippen LogP contribution in [0.2, 0.25) is 25.7 Å². The smallest absolute Gasteiger partial charge is 0.410 e. The summed E-state index contributed by atoms with van der Waals surface area (Å²) in [6, 6.07) is 10.3. The molecule has 2 atom stereocenters. The van der Waals surface area contributed by atoms with Crippen molar-refractivity contribution in [1.82, 2.24) is 34.2 Å². The zero-order chi connectivity index (χ0) is 35.1. The molecule has 6 rings (SSSR count). The van der Waals surface area contributed by atoms with E-state index in [1.807, 2.05) is 44.2 Å². The van der Waals surface area contributed by atoms with Gasteiger partial charge < -0.3 is 23.7 Å². The lowest BCUT2D eigenvalue weighted by atomic mass is 10.0. The van der Waals surface area contributed by atoms with Crippen molar-refractivity contribution in [3.8, 4) is 22.8 Å². The molecule has 49 heavy (non-hydrogen) atoms. The number of alkyl halides is 1. The molecular formula is C36H46FN7O4Si. The van der Waals surface area contributed by atoms with E-state index in [0.29, 0.717) is 42.4 Å². The van der Waals surface area contributed by atoms with E-state index in [1.54, 1.807) is 44.0 Å². The molecule has 0 saturated carbocycles. The second kappa shape index (κ2) is 13.5. The lowest BCUT2D eigenvalue weighted by Crippen LogP contribution is -2.47. The Labute approximate surface area is 287 Å². The molecule has 0 radical (unpaired) electrons. The molecule has 13 heteroatoms. The van der Waals surface area contributed by atoms with Crippen LogP contribution in [0.3, 0.4) is 0 Å². The minimum atomic E-state index is -1.29. The predicted molar refractivity (Wildman–Crippen MR) is 191 cm³/mol. The van der Waals surface area contributed by atoms with Crippen molar-refractivity contribution in [2.24, 2.45) is 0 Å². The first-order chi connectivity index (χ1) is 23.1. The first-order valence-corrected chi connectivity index (χ1v) is 20.5. The molecule has 4 heterocycles. The number of rotatable bonds is 9. The summed E-state index contributed by atoms with van der Waals surface area (Å²) < 4.78 is 36.9. The predicted octanol–water partition coefficient (Wildman–Crippen LogP) is 8.08. The quantitative estimate of drug-likeness (QED) is 0.113. The van der Waals surface area contributed by atoms with Crippen molar-refractivity contribution in [2.45, 2.75) is 91.3 Å². The van der Waals surface area contributed by atoms with E-state index in [4.69, 9.17) is 24.2 Å². The maximum atomic E-state index is 15.3. The number of carbonyl (C=O) groups is 1. The van der Waals surface area contributed by atoms with Crippen LogP contribution in [0.1, 0.15) is 44.6 Å². The van der Waals surface area contributed by atoms with Gasteiger partial charge in [0.05, 0.1) is 52.7 Å². The van der Waals surface area contributed by atoms with Gasteiger partial charge in [-0.05, 0) is 71.3 Å². The van der Waals surface area contributed by atoms with E-state index in [2.05, 4.69) is 34.3 Å². The SMILES string of the molecule is Cc1c(Oc2ccc3nc(C)n(COCC[Si](C)(C)C)c3c2)ccc2ncc(-c3cnn([C@H]4CCN(C(=O)OC(C)(C)C)C[C@@H]4F)c3)nc12. The Morgan fingerprint density at radius 3 is 2.57 bits per heavy atom. The number of ether oxygens (including phenoxy) is 3. The molecule has 260 valence electrons. The summed E-state index contributed by atoms with van der Waals surface area (Å²) in [4.78, 5) is 28.2. The molecule has 0 N–H and O–H groups in total. The summed E-state index contributed by atoms with van der Waals surface area (Å²) in [5.74, 6) is 2.24. The zero-order valence-electron chi connectivity index (χ0n) is 29.7. The van der Waals surface area contributed by atoms with E-state index in [-0.39, 0.29) is 6.54 Å². The van der Waals surface area contributed by atoms with Crippen LogP contribution in [0.4, 0.5) is 9.18 Å². The summed E-state index contributed by atoms with van der Waals surface area (Å²) >= 11 is 0. The summed E-state index contributed by atoms with van der Waals surface area (Å²) in [6.07, 6.45) is 3.80. The average Bonchev–Trinajstić information content (AvgIpc) is 3.63. The molecule has 3 aromatic heterocycles. The van der Waals surface area contributed by atoms with E-state index in [0.717, 1.165) is 46.2 Å². The van der Waals surface area contributed by atoms with Crippen LogP contribution in [0.25, 0.3) is 33.3 Å². The van der Waals surface area contributed by atoms with Gasteiger partial charge in [-0.1, -0.05) is 19.6 Å². The second-order valence-electron chi connectivity index (χ2n) is 15.0. The summed E-state index contributed by atoms with van der Waals surface area (Å²) in [7, 11) is -1.18. The maximum absolute atomic E-state index is 15.3. The largest absolute Gasteiger partial charge is 0.457 e. The van der Waals surface area contributed by atoms with Gasteiger partial charge in [-0.3, -0.25) is 9.67 Å². The highest BCUT2D eigenvalue weighted by molar-refractivity contribution is 6.76. The van der Waals surface area contributed by atoms with E-state index < -0.39 is 32.0 Å². The molecule has 11 nitrogen and oxygen atoms in total. The molecular weight excluding hydrogens is 642 g/mol. The summed E-state index contributed by atoms with van der Waals surface area (Å²) in [5.41, 5.74) is 4.83. The number of fused-ring (bicyclic) bond motifs is 2. The Morgan fingerprint density at radius 1 is 1.06 bits per heavy atom. The van der Waals surface area contributed by atoms with Crippen molar-refractivity contribution in [3.05, 3.63) is 60.3 Å². The van der Waals surface area contributed by atoms with Gasteiger partial charge in [0, 0.05) is 44.6 Å². The van der Waals surface area contributed by atoms with Crippen molar-refractivity contribution >= 4 is 36.2 Å². The average molecular weight is 688 g/mol. The monoisotopic (exact) mass is 687 g/mol. The number of amides is 1. The lowest BCUT2D eigenvalue weighted by molar-refractivity contribution is 0.00576. The van der Waals surface area contributed by atoms with Crippen LogP contribution in [0.5, 0.6) is 11.5 Å². The zero-order valence-corrected chi connectivity index (χ0v) is 30.7. The molecule has 1 fully saturated rings. The van der Waals surface area contributed by atoms with E-state index >= 15 is 4.39 Å². The molecule has 1 aliphatic rings. The molecule has 0 bridgehead atoms. The third kappa shape index (κ3) is 7.94. The maximum Gasteiger partial charge on any atom is 0.410 e. The normalized spacial score (nSPS) is 17.2. The number of hydrogen-bond acceptors (Lipinski definition) is 8. The fourth-order valence-corrected chi connectivity index (χ4v) is 6.64. The molecule has 0 unspecified atom stereocenters. The highest BCUT2D eigenvalue weighted by Gasteiger charge is 2.35. The lowest BCUT2D eigenvalue weighted by Gasteiger charge is -2.35. The van der Waals surface area contributed by atoms with Gasteiger partial charge in [-0.2, -0.15) is 5.10 Å². The van der Waals surface area contributed by atoms with Gasteiger partial charge in [0.1, 0.15) is 35.8 Å². The highest BCUT2D eigenvalue weighted by atomic mass is 28.3. The number of nitrogens with zero attached hydrogens (tertiary/aromatic N) is 7. The topological polar surface area (TPSA) is 109 Å². The molecule has 1 saturated heterocycles. The first-order valence-electron chi connectivity index (χ1n) is 16.8. The summed E-state index contributed by atoms with van der Waals surface area (Å²) in [6.45, 7) is 17.9. The van der Waals surface area contributed by atoms with Crippen molar-refractivity contribution in [1.29, 1.82) is 0 Å². The number of likely N-dealkylation sites (tertiary alicyclic amines) is 1. The van der Waals surface area contributed by atoms with Crippen molar-refractivity contribution in [2.75, 3.05) is 19.7 Å². The van der Waals surface area contributed by atoms with Crippen LogP contribution >= 0.6 is 0 Å². The minimum absolute atomic E-state index is 0.0477. The molecule has 1 amide bonds. The van der Waals surface area contributed by atoms with Crippen LogP contribution in [-0.4, -0.2) is 79.8 Å². The van der Waals surface area contributed by atoms with Gasteiger partial charge >= 0.3 is 6.09 Å². The van der Waals surface area contributed by atoms with Gasteiger partial charge in [-0.15, -0.1) is 0 Å². The Morgan fingerprint density at radius 2 is 1.84 bits per heavy atom. The molecule has 0 spiro atoms. The minimum Gasteiger partial charge on any atom is -0.457 e. The van der Waals surface area contributed by atoms with E-state index in [1.165, 1.54) is 4.90 Å². The number of aryl methyl sites for hydroxylation is 2. The Bertz CT molecular complexity index is 1980. The van der Waals surface area contributed by atoms with Gasteiger partial charge in [0.15, 0.2) is 0 Å². The Balaban J connectivity index is 1.18. The number of carbonyl (C=O) groups excluding carboxylic acids is 1. The fourth-order valence-electron chi connectivity index (χ4n) is 5.89. The third-order valence-electron chi connectivity index (χ3n) is 8.67. The Hall–Kier alpha value is -4.36. The van der Waals surface area contributed by atoms with E-state index in [9.17, 15) is 4.79 Å². The second-order valence-corrected chi connectivity index (χ2v) is 20.6. The van der Waals surface area contributed by atoms with Crippen LogP contribution in [0, 0.1) is 13.8 Å². The fraction of sp³-hybridized carbons (Fsp3) is 0.472. The number of imidazole rings is 1. The number of halogens is 1. The number of aromatic nitrogens is 6. The molecule has 2 aromatic carbocycles. The van der Waals surface area contributed by atoms with Crippen LogP contribution < -0.4 is 4.74 Å². The standard InChI is InChI=1S/C36H46FN7O4Si/c1-23-33(47-26-9-10-28-32(17-26)43(24(2)40-28)22-46-15-16-49(6,7)8)12-11-29-34(23)41-30(19-38-29)25-18-39-44(20-25)31-13-14-42(21-27(31)37)35(45)48-36(3,4)5/h9-12,17-20,27,31H,13-16,21-22H2,1-8H3/t27-,31-/m0/s1. The number of piperidine rings is 1. The number of hydrogen-bond donors (Lipinski definition) is 0. The van der Waals surface area contributed by atoms with Crippen molar-refractivity contribution < 1.29 is 23.4 Å². The molecule has 1 aliphatic heterocycles. The Kier molecular flexibility index (Phi) is 9.51. The van der Waals surface area contributed by atoms with Gasteiger partial charge in [0.2, 0.25) is 0 Å². The van der Waals surface area contributed by atoms with Gasteiger partial charge in [0.25, 0.3) is 0 Å². The van der Waals surface area contributed by atoms with Gasteiger partial charge in [-0.25, -0.2) is 19.2 Å². The highest BCUT2D eigenvalue weighted by Crippen LogP contribution is 2.33. The molecule has 0 aliphatic carbocycles. The first kappa shape index (κ1) is 34.5. The van der Waals surface area contributed by atoms with Crippen molar-refractivity contribution in [3.63, 3.8) is 0 Å².